The van der Waals surface area contributed by atoms with E-state index < -0.39 is 0 Å². The van der Waals surface area contributed by atoms with Crippen LogP contribution in [-0.4, -0.2) is 18.1 Å². The predicted octanol–water partition coefficient (Wildman–Crippen LogP) is 3.42. The number of thioether (sulfide) groups is 1. The van der Waals surface area contributed by atoms with Gasteiger partial charge in [-0.3, -0.25) is 0 Å². The van der Waals surface area contributed by atoms with Crippen LogP contribution < -0.4 is 5.32 Å². The lowest BCUT2D eigenvalue weighted by Crippen LogP contribution is -2.08. The zero-order valence-electron chi connectivity index (χ0n) is 10.1. The molecule has 0 saturated carbocycles. The third kappa shape index (κ3) is 3.79. The molecule has 0 amide bonds. The highest BCUT2D eigenvalue weighted by atomic mass is 32.2. The van der Waals surface area contributed by atoms with Gasteiger partial charge in [-0.2, -0.15) is 17.0 Å². The molecular weight excluding hydrogens is 216 g/mol. The Morgan fingerprint density at radius 1 is 1.50 bits per heavy atom. The number of anilines is 1. The van der Waals surface area contributed by atoms with Gasteiger partial charge >= 0.3 is 0 Å². The molecule has 1 aromatic carbocycles. The fourth-order valence-corrected chi connectivity index (χ4v) is 1.78. The molecular formula is C13H18N2S. The van der Waals surface area contributed by atoms with E-state index >= 15 is 0 Å². The first-order valence-electron chi connectivity index (χ1n) is 5.44. The maximum absolute atomic E-state index is 8.97. The average molecular weight is 234 g/mol. The Labute approximate surface area is 102 Å². The van der Waals surface area contributed by atoms with E-state index in [4.69, 9.17) is 5.26 Å². The summed E-state index contributed by atoms with van der Waals surface area (Å²) in [6, 6.07) is 8.07. The lowest BCUT2D eigenvalue weighted by molar-refractivity contribution is 0.853. The minimum Gasteiger partial charge on any atom is -0.384 e. The minimum absolute atomic E-state index is 0.655. The van der Waals surface area contributed by atoms with Crippen LogP contribution in [0.2, 0.25) is 0 Å². The quantitative estimate of drug-likeness (QED) is 0.848. The van der Waals surface area contributed by atoms with E-state index in [9.17, 15) is 0 Å². The van der Waals surface area contributed by atoms with Gasteiger partial charge in [0.05, 0.1) is 11.3 Å². The van der Waals surface area contributed by atoms with E-state index in [1.807, 2.05) is 36.9 Å². The van der Waals surface area contributed by atoms with Crippen LogP contribution in [0.1, 0.15) is 24.5 Å². The van der Waals surface area contributed by atoms with Crippen molar-refractivity contribution in [2.75, 3.05) is 18.1 Å². The van der Waals surface area contributed by atoms with Crippen molar-refractivity contribution < 1.29 is 0 Å². The van der Waals surface area contributed by atoms with Gasteiger partial charge in [-0.25, -0.2) is 0 Å². The number of hydrogen-bond acceptors (Lipinski definition) is 3. The van der Waals surface area contributed by atoms with E-state index in [0.717, 1.165) is 24.2 Å². The van der Waals surface area contributed by atoms with E-state index in [1.165, 1.54) is 5.56 Å². The molecule has 0 spiro atoms. The fourth-order valence-electron chi connectivity index (χ4n) is 1.43. The summed E-state index contributed by atoms with van der Waals surface area (Å²) >= 11 is 1.87. The number of hydrogen-bond donors (Lipinski definition) is 1. The predicted molar refractivity (Wildman–Crippen MR) is 72.0 cm³/mol. The molecule has 1 unspecified atom stereocenters. The molecule has 86 valence electrons. The molecule has 0 saturated heterocycles. The Morgan fingerprint density at radius 3 is 2.88 bits per heavy atom. The summed E-state index contributed by atoms with van der Waals surface area (Å²) in [7, 11) is 0. The van der Waals surface area contributed by atoms with E-state index in [2.05, 4.69) is 24.6 Å². The van der Waals surface area contributed by atoms with Crippen molar-refractivity contribution in [1.29, 1.82) is 5.26 Å². The minimum atomic E-state index is 0.655. The fraction of sp³-hybridized carbons (Fsp3) is 0.462. The van der Waals surface area contributed by atoms with Crippen LogP contribution in [0, 0.1) is 18.3 Å². The van der Waals surface area contributed by atoms with E-state index in [1.54, 1.807) is 0 Å². The number of benzene rings is 1. The smallest absolute Gasteiger partial charge is 0.101 e. The highest BCUT2D eigenvalue weighted by Gasteiger charge is 2.03. The van der Waals surface area contributed by atoms with Gasteiger partial charge in [0.1, 0.15) is 6.07 Å². The maximum atomic E-state index is 8.97. The number of nitrogens with one attached hydrogen (secondary N) is 1. The van der Waals surface area contributed by atoms with Crippen LogP contribution >= 0.6 is 11.8 Å². The van der Waals surface area contributed by atoms with Crippen molar-refractivity contribution in [3.8, 4) is 6.07 Å². The van der Waals surface area contributed by atoms with Crippen LogP contribution in [0.4, 0.5) is 5.69 Å². The molecule has 1 atom stereocenters. The molecule has 0 aliphatic heterocycles. The molecule has 0 aliphatic rings. The lowest BCUT2D eigenvalue weighted by atomic mass is 10.1. The van der Waals surface area contributed by atoms with Crippen LogP contribution in [0.3, 0.4) is 0 Å². The summed E-state index contributed by atoms with van der Waals surface area (Å²) in [6.45, 7) is 5.17. The monoisotopic (exact) mass is 234 g/mol. The van der Waals surface area contributed by atoms with Gasteiger partial charge in [0.2, 0.25) is 0 Å². The molecule has 16 heavy (non-hydrogen) atoms. The van der Waals surface area contributed by atoms with Crippen molar-refractivity contribution in [3.05, 3.63) is 29.3 Å². The number of aryl methyl sites for hydroxylation is 1. The Bertz CT molecular complexity index is 382. The Kier molecular flexibility index (Phi) is 5.21. The first-order chi connectivity index (χ1) is 7.67. The van der Waals surface area contributed by atoms with Gasteiger partial charge in [0, 0.05) is 11.8 Å². The van der Waals surface area contributed by atoms with Gasteiger partial charge < -0.3 is 5.32 Å². The van der Waals surface area contributed by atoms with Crippen molar-refractivity contribution in [2.45, 2.75) is 25.5 Å². The zero-order valence-corrected chi connectivity index (χ0v) is 10.9. The van der Waals surface area contributed by atoms with Crippen molar-refractivity contribution in [1.82, 2.24) is 0 Å². The molecule has 1 rings (SSSR count). The second-order valence-electron chi connectivity index (χ2n) is 3.92. The normalized spacial score (nSPS) is 11.9. The second kappa shape index (κ2) is 6.44. The molecule has 0 aliphatic carbocycles. The van der Waals surface area contributed by atoms with Crippen molar-refractivity contribution in [3.63, 3.8) is 0 Å². The summed E-state index contributed by atoms with van der Waals surface area (Å²) in [4.78, 5) is 0. The second-order valence-corrected chi connectivity index (χ2v) is 5.20. The maximum Gasteiger partial charge on any atom is 0.101 e. The zero-order chi connectivity index (χ0) is 12.0. The topological polar surface area (TPSA) is 35.8 Å². The molecule has 0 fully saturated rings. The van der Waals surface area contributed by atoms with Crippen molar-refractivity contribution >= 4 is 17.4 Å². The average Bonchev–Trinajstić information content (AvgIpc) is 2.29. The molecule has 0 radical (unpaired) electrons. The molecule has 1 aromatic rings. The molecule has 0 bridgehead atoms. The molecule has 0 heterocycles. The van der Waals surface area contributed by atoms with Gasteiger partial charge in [0.15, 0.2) is 0 Å². The summed E-state index contributed by atoms with van der Waals surface area (Å²) in [5.41, 5.74) is 2.86. The summed E-state index contributed by atoms with van der Waals surface area (Å²) < 4.78 is 0. The summed E-state index contributed by atoms with van der Waals surface area (Å²) in [6.07, 6.45) is 3.23. The highest BCUT2D eigenvalue weighted by molar-refractivity contribution is 7.99. The molecule has 3 heteroatoms. The molecule has 1 N–H and O–H groups in total. The molecule has 2 nitrogen and oxygen atoms in total. The van der Waals surface area contributed by atoms with Crippen LogP contribution in [0.5, 0.6) is 0 Å². The number of nitriles is 1. The van der Waals surface area contributed by atoms with Gasteiger partial charge in [0.25, 0.3) is 0 Å². The highest BCUT2D eigenvalue weighted by Crippen LogP contribution is 2.17. The third-order valence-electron chi connectivity index (χ3n) is 2.56. The summed E-state index contributed by atoms with van der Waals surface area (Å²) in [5.74, 6) is 0. The lowest BCUT2D eigenvalue weighted by Gasteiger charge is -2.11. The first-order valence-corrected chi connectivity index (χ1v) is 6.73. The Morgan fingerprint density at radius 2 is 2.25 bits per heavy atom. The van der Waals surface area contributed by atoms with Crippen LogP contribution in [-0.2, 0) is 0 Å². The van der Waals surface area contributed by atoms with Crippen molar-refractivity contribution in [2.24, 2.45) is 0 Å². The SMILES string of the molecule is CSC(C)CCNc1cc(C)ccc1C#N. The Hall–Kier alpha value is -1.14. The van der Waals surface area contributed by atoms with Crippen LogP contribution in [0.25, 0.3) is 0 Å². The molecule has 0 aromatic heterocycles. The first kappa shape index (κ1) is 12.9. The van der Waals surface area contributed by atoms with Crippen LogP contribution in [0.15, 0.2) is 18.2 Å². The van der Waals surface area contributed by atoms with Gasteiger partial charge in [-0.05, 0) is 37.3 Å². The van der Waals surface area contributed by atoms with Gasteiger partial charge in [-0.1, -0.05) is 13.0 Å². The van der Waals surface area contributed by atoms with E-state index in [0.29, 0.717) is 5.25 Å². The summed E-state index contributed by atoms with van der Waals surface area (Å²) in [5, 5.41) is 13.0. The number of nitrogens with zero attached hydrogens (tertiary/aromatic N) is 1. The largest absolute Gasteiger partial charge is 0.384 e. The third-order valence-corrected chi connectivity index (χ3v) is 3.60. The Balaban J connectivity index is 2.59. The van der Waals surface area contributed by atoms with E-state index in [-0.39, 0.29) is 0 Å². The number of rotatable bonds is 5. The standard InChI is InChI=1S/C13H18N2S/c1-10-4-5-12(9-14)13(8-10)15-7-6-11(2)16-3/h4-5,8,11,15H,6-7H2,1-3H3. The van der Waals surface area contributed by atoms with Gasteiger partial charge in [-0.15, -0.1) is 0 Å².